The average Bonchev–Trinajstić information content (AvgIpc) is 2.03. The van der Waals surface area contributed by atoms with Crippen LogP contribution in [0.25, 0.3) is 0 Å². The van der Waals surface area contributed by atoms with Crippen LogP contribution in [0.15, 0.2) is 0 Å². The van der Waals surface area contributed by atoms with Crippen LogP contribution in [-0.4, -0.2) is 10.7 Å². The fourth-order valence-corrected chi connectivity index (χ4v) is 1.16. The molecule has 0 radical (unpaired) electrons. The molecule has 0 rings (SSSR count). The highest BCUT2D eigenvalue weighted by molar-refractivity contribution is 4.91. The van der Waals surface area contributed by atoms with E-state index in [-0.39, 0.29) is 12.3 Å². The molecule has 2 heteroatoms. The van der Waals surface area contributed by atoms with Gasteiger partial charge in [0.2, 0.25) is 0 Å². The Morgan fingerprint density at radius 3 is 2.36 bits per heavy atom. The second-order valence-electron chi connectivity index (χ2n) is 3.10. The molecule has 11 heavy (non-hydrogen) atoms. The summed E-state index contributed by atoms with van der Waals surface area (Å²) in [4.78, 5) is 0. The monoisotopic (exact) mass is 155 g/mol. The summed E-state index contributed by atoms with van der Waals surface area (Å²) in [6.45, 7) is 5.94. The third-order valence-corrected chi connectivity index (χ3v) is 2.53. The maximum absolute atomic E-state index is 9.87. The van der Waals surface area contributed by atoms with Gasteiger partial charge >= 0.3 is 0 Å². The van der Waals surface area contributed by atoms with Gasteiger partial charge in [-0.25, -0.2) is 0 Å². The van der Waals surface area contributed by atoms with Gasteiger partial charge in [0.25, 0.3) is 0 Å². The van der Waals surface area contributed by atoms with Crippen molar-refractivity contribution in [2.24, 2.45) is 5.92 Å². The van der Waals surface area contributed by atoms with E-state index in [1.54, 1.807) is 0 Å². The third kappa shape index (κ3) is 2.51. The molecule has 0 aliphatic carbocycles. The maximum Gasteiger partial charge on any atom is 0.0799 e. The topological polar surface area (TPSA) is 44.0 Å². The van der Waals surface area contributed by atoms with Crippen LogP contribution in [0.2, 0.25) is 0 Å². The lowest BCUT2D eigenvalue weighted by Gasteiger charge is -2.30. The Balaban J connectivity index is 4.21. The van der Waals surface area contributed by atoms with Gasteiger partial charge in [0, 0.05) is 0 Å². The largest absolute Gasteiger partial charge is 0.389 e. The fraction of sp³-hybridized carbons (Fsp3) is 0.889. The zero-order valence-electron chi connectivity index (χ0n) is 7.59. The summed E-state index contributed by atoms with van der Waals surface area (Å²) in [6.07, 6.45) is 1.83. The molecule has 0 spiro atoms. The van der Waals surface area contributed by atoms with Gasteiger partial charge in [0.1, 0.15) is 0 Å². The molecule has 2 nitrogen and oxygen atoms in total. The summed E-state index contributed by atoms with van der Waals surface area (Å²) >= 11 is 0. The second kappa shape index (κ2) is 4.35. The average molecular weight is 155 g/mol. The van der Waals surface area contributed by atoms with E-state index in [9.17, 15) is 5.11 Å². The molecule has 0 bridgehead atoms. The van der Waals surface area contributed by atoms with Crippen LogP contribution in [0.3, 0.4) is 0 Å². The smallest absolute Gasteiger partial charge is 0.0799 e. The van der Waals surface area contributed by atoms with Crippen molar-refractivity contribution < 1.29 is 5.11 Å². The zero-order valence-corrected chi connectivity index (χ0v) is 7.59. The normalized spacial score (nSPS) is 18.5. The predicted octanol–water partition coefficient (Wildman–Crippen LogP) is 2.09. The van der Waals surface area contributed by atoms with Gasteiger partial charge in [-0.1, -0.05) is 27.2 Å². The Bertz CT molecular complexity index is 150. The van der Waals surface area contributed by atoms with Crippen molar-refractivity contribution in [2.75, 3.05) is 0 Å². The zero-order chi connectivity index (χ0) is 8.91. The highest BCUT2D eigenvalue weighted by atomic mass is 16.3. The minimum atomic E-state index is -0.760. The summed E-state index contributed by atoms with van der Waals surface area (Å²) in [5.41, 5.74) is -0.760. The first-order valence-electron chi connectivity index (χ1n) is 4.20. The molecule has 64 valence electrons. The summed E-state index contributed by atoms with van der Waals surface area (Å²) in [5.74, 6) is 0.215. The van der Waals surface area contributed by atoms with Crippen molar-refractivity contribution in [1.82, 2.24) is 0 Å². The molecule has 1 unspecified atom stereocenters. The van der Waals surface area contributed by atoms with E-state index in [0.29, 0.717) is 6.42 Å². The third-order valence-electron chi connectivity index (χ3n) is 2.53. The molecule has 0 aromatic heterocycles. The second-order valence-corrected chi connectivity index (χ2v) is 3.10. The van der Waals surface area contributed by atoms with Gasteiger partial charge in [-0.3, -0.25) is 0 Å². The molecule has 0 aromatic carbocycles. The van der Waals surface area contributed by atoms with Crippen molar-refractivity contribution in [2.45, 2.75) is 45.6 Å². The SMILES string of the molecule is CCC(C)[C@@](O)(CC)CC#N. The minimum absolute atomic E-state index is 0.215. The first-order valence-corrected chi connectivity index (χ1v) is 4.20. The molecule has 0 amide bonds. The van der Waals surface area contributed by atoms with E-state index >= 15 is 0 Å². The standard InChI is InChI=1S/C9H17NO/c1-4-8(3)9(11,5-2)6-7-10/h8,11H,4-6H2,1-3H3/t8?,9-/m1/s1. The Morgan fingerprint density at radius 1 is 1.55 bits per heavy atom. The molecule has 0 saturated heterocycles. The Kier molecular flexibility index (Phi) is 4.14. The van der Waals surface area contributed by atoms with E-state index in [1.807, 2.05) is 26.8 Å². The molecular weight excluding hydrogens is 138 g/mol. The van der Waals surface area contributed by atoms with Crippen LogP contribution in [0, 0.1) is 17.2 Å². The molecular formula is C9H17NO. The number of hydrogen-bond acceptors (Lipinski definition) is 2. The van der Waals surface area contributed by atoms with Crippen molar-refractivity contribution in [3.8, 4) is 6.07 Å². The molecule has 0 fully saturated rings. The van der Waals surface area contributed by atoms with E-state index in [1.165, 1.54) is 0 Å². The number of aliphatic hydroxyl groups is 1. The van der Waals surface area contributed by atoms with Crippen molar-refractivity contribution in [3.63, 3.8) is 0 Å². The number of nitrogens with zero attached hydrogens (tertiary/aromatic N) is 1. The Labute approximate surface area is 68.8 Å². The van der Waals surface area contributed by atoms with Crippen molar-refractivity contribution in [3.05, 3.63) is 0 Å². The first-order chi connectivity index (χ1) is 5.10. The molecule has 0 heterocycles. The number of rotatable bonds is 4. The highest BCUT2D eigenvalue weighted by Gasteiger charge is 2.30. The van der Waals surface area contributed by atoms with Crippen LogP contribution in [-0.2, 0) is 0 Å². The molecule has 1 N–H and O–H groups in total. The maximum atomic E-state index is 9.87. The molecule has 0 aliphatic rings. The molecule has 0 aliphatic heterocycles. The van der Waals surface area contributed by atoms with Crippen LogP contribution in [0.1, 0.15) is 40.0 Å². The molecule has 2 atom stereocenters. The van der Waals surface area contributed by atoms with E-state index in [0.717, 1.165) is 6.42 Å². The summed E-state index contributed by atoms with van der Waals surface area (Å²) < 4.78 is 0. The van der Waals surface area contributed by atoms with E-state index in [2.05, 4.69) is 0 Å². The van der Waals surface area contributed by atoms with Crippen LogP contribution in [0.5, 0.6) is 0 Å². The van der Waals surface area contributed by atoms with Crippen LogP contribution >= 0.6 is 0 Å². The van der Waals surface area contributed by atoms with Gasteiger partial charge in [-0.2, -0.15) is 5.26 Å². The fourth-order valence-electron chi connectivity index (χ4n) is 1.16. The summed E-state index contributed by atoms with van der Waals surface area (Å²) in [6, 6.07) is 2.02. The van der Waals surface area contributed by atoms with Gasteiger partial charge < -0.3 is 5.11 Å². The lowest BCUT2D eigenvalue weighted by atomic mass is 9.82. The van der Waals surface area contributed by atoms with Crippen molar-refractivity contribution in [1.29, 1.82) is 5.26 Å². The summed E-state index contributed by atoms with van der Waals surface area (Å²) in [7, 11) is 0. The van der Waals surface area contributed by atoms with Crippen LogP contribution in [0.4, 0.5) is 0 Å². The Morgan fingerprint density at radius 2 is 2.09 bits per heavy atom. The highest BCUT2D eigenvalue weighted by Crippen LogP contribution is 2.26. The van der Waals surface area contributed by atoms with Crippen molar-refractivity contribution >= 4 is 0 Å². The molecule has 0 saturated carbocycles. The number of nitriles is 1. The number of hydrogen-bond donors (Lipinski definition) is 1. The molecule has 0 aromatic rings. The van der Waals surface area contributed by atoms with Gasteiger partial charge in [-0.05, 0) is 12.3 Å². The predicted molar refractivity (Wildman–Crippen MR) is 44.9 cm³/mol. The van der Waals surface area contributed by atoms with E-state index in [4.69, 9.17) is 5.26 Å². The lowest BCUT2D eigenvalue weighted by molar-refractivity contribution is -0.0125. The lowest BCUT2D eigenvalue weighted by Crippen LogP contribution is -2.34. The van der Waals surface area contributed by atoms with E-state index < -0.39 is 5.60 Å². The first kappa shape index (κ1) is 10.4. The quantitative estimate of drug-likeness (QED) is 0.675. The van der Waals surface area contributed by atoms with Gasteiger partial charge in [0.15, 0.2) is 0 Å². The van der Waals surface area contributed by atoms with Crippen LogP contribution < -0.4 is 0 Å². The minimum Gasteiger partial charge on any atom is -0.389 e. The Hall–Kier alpha value is -0.550. The summed E-state index contributed by atoms with van der Waals surface area (Å²) in [5, 5.41) is 18.3. The van der Waals surface area contributed by atoms with Gasteiger partial charge in [-0.15, -0.1) is 0 Å². The van der Waals surface area contributed by atoms with Gasteiger partial charge in [0.05, 0.1) is 18.1 Å².